The number of H-pyrrole nitrogens is 1. The number of carbonyl (C=O) groups excluding carboxylic acids is 18. The second kappa shape index (κ2) is 44.1. The Morgan fingerprint density at radius 1 is 0.523 bits per heavy atom. The Kier molecular flexibility index (Phi) is 36.4. The molecule has 16 atom stereocenters. The molecule has 25 N–H and O–H groups in total. The highest BCUT2D eigenvalue weighted by Crippen LogP contribution is 2.27. The fraction of sp³-hybridized carbons (Fsp3) is 0.635. The van der Waals surface area contributed by atoms with Crippen LogP contribution in [0, 0.1) is 11.8 Å². The summed E-state index contributed by atoms with van der Waals surface area (Å²) in [4.78, 5) is 287. The van der Waals surface area contributed by atoms with E-state index in [0.717, 1.165) is 38.3 Å². The summed E-state index contributed by atoms with van der Waals surface area (Å²) in [7, 11) is 2.84. The Bertz CT molecular complexity index is 3640. The van der Waals surface area contributed by atoms with Gasteiger partial charge in [-0.25, -0.2) is 9.78 Å². The second-order valence-corrected chi connectivity index (χ2v) is 31.7. The number of aliphatic hydroxyl groups is 1. The van der Waals surface area contributed by atoms with E-state index in [9.17, 15) is 111 Å². The molecule has 4 saturated heterocycles. The predicted octanol–water partition coefficient (Wildman–Crippen LogP) is -10.1. The molecular formula is C63H95N21O23S4. The van der Waals surface area contributed by atoms with Gasteiger partial charge in [0.25, 0.3) is 0 Å². The number of hydrogen-bond acceptors (Lipinski definition) is 27. The van der Waals surface area contributed by atoms with Gasteiger partial charge in [-0.15, -0.1) is 0 Å². The van der Waals surface area contributed by atoms with E-state index in [2.05, 4.69) is 79.1 Å². The van der Waals surface area contributed by atoms with Crippen LogP contribution >= 0.6 is 43.2 Å². The number of carboxylic acid groups (broad SMARTS) is 2. The van der Waals surface area contributed by atoms with E-state index in [1.165, 1.54) is 26.4 Å². The quantitative estimate of drug-likeness (QED) is 0.0644. The number of rotatable bonds is 17. The van der Waals surface area contributed by atoms with Crippen LogP contribution < -0.4 is 92.1 Å². The molecule has 44 nitrogen and oxygen atoms in total. The van der Waals surface area contributed by atoms with E-state index in [-0.39, 0.29) is 57.3 Å². The summed E-state index contributed by atoms with van der Waals surface area (Å²) in [5, 5.41) is 61.8. The predicted molar refractivity (Wildman–Crippen MR) is 394 cm³/mol. The van der Waals surface area contributed by atoms with Crippen molar-refractivity contribution in [3.63, 3.8) is 0 Å². The highest BCUT2D eigenvalue weighted by atomic mass is 33.1. The van der Waals surface area contributed by atoms with Crippen LogP contribution in [0.1, 0.15) is 98.1 Å². The zero-order valence-electron chi connectivity index (χ0n) is 61.0. The molecule has 0 spiro atoms. The Hall–Kier alpha value is -10.1. The van der Waals surface area contributed by atoms with Gasteiger partial charge in [0.2, 0.25) is 106 Å². The Balaban J connectivity index is 1.67. The highest BCUT2D eigenvalue weighted by Gasteiger charge is 2.45. The van der Waals surface area contributed by atoms with Gasteiger partial charge in [0, 0.05) is 54.4 Å². The molecule has 2 bridgehead atoms. The van der Waals surface area contributed by atoms with Crippen molar-refractivity contribution in [1.29, 1.82) is 0 Å². The standard InChI is InChI=1S/C63H95N21O23S4/c1-6-27(4)48-60(103)80-39(63(106)107)24-111-110-23-38-56(99)77-35(20-85)53(96)76-34(17-46(90)91)62(105)83-11-7-9-40(83)57(100)70-28(5)49(92)78-37(22-109-108-21-36(54(97)79-38)71-45(89)18-64)55(98)72-32(15-43(66)87)52(95)81-47(26(2)3)59(102)74-31(14-42(65)86)50(93)75-33(16-44(67)88)61(104)84-12-8-10-41(84)58(101)73-30(51(94)82-48)13-29-19-68-25-69-29/h19,25-28,30-41,47-48,85H,6-18,20-24,64H2,1-5H3,(H2,65,86)(H2,66,87)(H2,67,88)(H,68,69)(H,70,100)(H,71,89)(H,72,98)(H,73,101)(H,74,102)(H,75,93)(H,76,96)(H,77,99)(H,78,92)(H,79,97)(H,80,103)(H,81,95)(H,82,94)(H,90,91)(H,106,107)/t27-,28-,30-,31-,32-,33-,34-,35-,36-,37-,38-,39-,40-,41-,47-,48-/m0/s1. The molecule has 0 saturated carbocycles. The van der Waals surface area contributed by atoms with Crippen molar-refractivity contribution in [3.05, 3.63) is 18.2 Å². The third kappa shape index (κ3) is 28.0. The van der Waals surface area contributed by atoms with Gasteiger partial charge in [-0.1, -0.05) is 77.3 Å². The summed E-state index contributed by atoms with van der Waals surface area (Å²) in [6.07, 6.45) is -1.65. The number of primary amides is 3. The van der Waals surface area contributed by atoms with E-state index >= 15 is 0 Å². The van der Waals surface area contributed by atoms with Crippen LogP contribution in [0.25, 0.3) is 0 Å². The van der Waals surface area contributed by atoms with Crippen molar-refractivity contribution in [1.82, 2.24) is 88.9 Å². The fourth-order valence-corrected chi connectivity index (χ4v) is 16.3. The van der Waals surface area contributed by atoms with Gasteiger partial charge in [-0.3, -0.25) is 91.1 Å². The number of nitrogens with two attached hydrogens (primary N) is 4. The molecule has 0 aromatic carbocycles. The van der Waals surface area contributed by atoms with Gasteiger partial charge in [0.15, 0.2) is 0 Å². The Morgan fingerprint density at radius 3 is 1.46 bits per heavy atom. The molecule has 4 aliphatic rings. The first-order valence-electron chi connectivity index (χ1n) is 35.0. The van der Waals surface area contributed by atoms with Crippen molar-refractivity contribution in [2.24, 2.45) is 34.8 Å². The largest absolute Gasteiger partial charge is 0.481 e. The molecule has 614 valence electrons. The molecule has 18 amide bonds. The molecule has 1 aromatic heterocycles. The third-order valence-corrected chi connectivity index (χ3v) is 22.7. The molecule has 4 aliphatic heterocycles. The lowest BCUT2D eigenvalue weighted by Crippen LogP contribution is -2.62. The molecule has 4 fully saturated rings. The Labute approximate surface area is 650 Å². The monoisotopic (exact) mass is 1640 g/mol. The number of aromatic nitrogens is 2. The number of fused-ring (bicyclic) bond motifs is 10. The fourth-order valence-electron chi connectivity index (χ4n) is 11.6. The lowest BCUT2D eigenvalue weighted by molar-refractivity contribution is -0.146. The summed E-state index contributed by atoms with van der Waals surface area (Å²) in [5.41, 5.74) is 22.6. The lowest BCUT2D eigenvalue weighted by Gasteiger charge is -2.31. The van der Waals surface area contributed by atoms with Crippen molar-refractivity contribution in [2.45, 2.75) is 189 Å². The number of nitrogens with one attached hydrogen (secondary N) is 14. The van der Waals surface area contributed by atoms with Crippen molar-refractivity contribution < 1.29 is 111 Å². The van der Waals surface area contributed by atoms with Crippen LogP contribution in [-0.2, 0) is 102 Å². The molecule has 5 heterocycles. The van der Waals surface area contributed by atoms with Crippen LogP contribution in [0.5, 0.6) is 0 Å². The van der Waals surface area contributed by atoms with Crippen LogP contribution in [0.2, 0.25) is 0 Å². The number of aliphatic hydroxyl groups excluding tert-OH is 1. The molecule has 0 aliphatic carbocycles. The lowest BCUT2D eigenvalue weighted by atomic mass is 9.97. The smallest absolute Gasteiger partial charge is 0.327 e. The number of carbonyl (C=O) groups is 20. The summed E-state index contributed by atoms with van der Waals surface area (Å²) in [6.45, 7) is 4.73. The van der Waals surface area contributed by atoms with Gasteiger partial charge in [-0.2, -0.15) is 0 Å². The molecule has 0 radical (unpaired) electrons. The summed E-state index contributed by atoms with van der Waals surface area (Å²) in [5.74, 6) is -28.2. The van der Waals surface area contributed by atoms with Crippen molar-refractivity contribution in [3.8, 4) is 0 Å². The molecule has 0 unspecified atom stereocenters. The second-order valence-electron chi connectivity index (χ2n) is 26.6. The van der Waals surface area contributed by atoms with Crippen LogP contribution in [0.3, 0.4) is 0 Å². The summed E-state index contributed by atoms with van der Waals surface area (Å²) in [6, 6.07) is -26.7. The maximum atomic E-state index is 14.7. The van der Waals surface area contributed by atoms with Gasteiger partial charge < -0.3 is 122 Å². The first-order chi connectivity index (χ1) is 52.4. The van der Waals surface area contributed by atoms with Crippen LogP contribution in [-0.4, -0.2) is 293 Å². The zero-order valence-corrected chi connectivity index (χ0v) is 64.3. The van der Waals surface area contributed by atoms with E-state index in [1.807, 2.05) is 0 Å². The molecule has 5 rings (SSSR count). The first kappa shape index (κ1) is 91.5. The zero-order chi connectivity index (χ0) is 82.7. The van der Waals surface area contributed by atoms with Gasteiger partial charge in [0.1, 0.15) is 90.6 Å². The maximum Gasteiger partial charge on any atom is 0.327 e. The minimum Gasteiger partial charge on any atom is -0.481 e. The van der Waals surface area contributed by atoms with Crippen LogP contribution in [0.4, 0.5) is 0 Å². The normalized spacial score (nSPS) is 28.3. The molecular weight excluding hydrogens is 1550 g/mol. The number of imidazole rings is 1. The average molecular weight is 1640 g/mol. The number of aliphatic carboxylic acids is 2. The minimum absolute atomic E-state index is 0.0810. The van der Waals surface area contributed by atoms with Gasteiger partial charge >= 0.3 is 11.9 Å². The number of nitrogens with zero attached hydrogens (tertiary/aromatic N) is 3. The average Bonchev–Trinajstić information content (AvgIpc) is 1.18. The summed E-state index contributed by atoms with van der Waals surface area (Å²) < 4.78 is 0. The number of carboxylic acids is 2. The van der Waals surface area contributed by atoms with E-state index < -0.39 is 283 Å². The van der Waals surface area contributed by atoms with Gasteiger partial charge in [-0.05, 0) is 44.4 Å². The van der Waals surface area contributed by atoms with Crippen molar-refractivity contribution in [2.75, 3.05) is 49.3 Å². The first-order valence-corrected chi connectivity index (χ1v) is 40.0. The third-order valence-electron chi connectivity index (χ3n) is 17.8. The van der Waals surface area contributed by atoms with E-state index in [4.69, 9.17) is 22.9 Å². The Morgan fingerprint density at radius 2 is 0.964 bits per heavy atom. The summed E-state index contributed by atoms with van der Waals surface area (Å²) >= 11 is 0. The minimum atomic E-state index is -2.04. The van der Waals surface area contributed by atoms with Gasteiger partial charge in [0.05, 0.1) is 45.2 Å². The van der Waals surface area contributed by atoms with E-state index in [0.29, 0.717) is 21.6 Å². The molecule has 1 aromatic rings. The van der Waals surface area contributed by atoms with Crippen molar-refractivity contribution >= 4 is 161 Å². The SMILES string of the molecule is CC[C@H](C)[C@@H]1NC(=O)[C@H](Cc2cnc[nH]2)NC(=O)[C@@H]2CCCN2C(=O)[C@H](CC(N)=O)NC(=O)[C@H](CC(N)=O)NC(=O)[C@H](C(C)C)NC(=O)[C@H](CC(N)=O)NC(=O)[C@@H]2CSSC[C@H](NC(=O)CN)C(=O)N[C@@H](CSSC[C@@H](C(=O)O)NC1=O)C(=O)N[C@@H](CO)C(=O)N[C@@H](CC(=O)O)C(=O)N1CCC[C@H]1C(=O)N[C@@H](C)C(=O)N2. The maximum absolute atomic E-state index is 14.7. The van der Waals surface area contributed by atoms with Crippen LogP contribution in [0.15, 0.2) is 12.5 Å². The molecule has 111 heavy (non-hydrogen) atoms. The number of hydrogen-bond donors (Lipinski definition) is 21. The highest BCUT2D eigenvalue weighted by molar-refractivity contribution is 8.77. The molecule has 48 heteroatoms. The number of amides is 18. The number of aromatic amines is 1. The topological polar surface area (TPSA) is 698 Å². The van der Waals surface area contributed by atoms with E-state index in [1.54, 1.807) is 13.8 Å².